The van der Waals surface area contributed by atoms with Crippen LogP contribution in [-0.2, 0) is 4.74 Å². The molecule has 3 rings (SSSR count). The number of benzene rings is 1. The van der Waals surface area contributed by atoms with E-state index in [-0.39, 0.29) is 5.91 Å². The van der Waals surface area contributed by atoms with Gasteiger partial charge in [-0.3, -0.25) is 4.79 Å². The zero-order valence-electron chi connectivity index (χ0n) is 13.2. The molecule has 1 aromatic heterocycles. The quantitative estimate of drug-likeness (QED) is 0.860. The van der Waals surface area contributed by atoms with Gasteiger partial charge in [0.25, 0.3) is 5.91 Å². The molecule has 1 aliphatic heterocycles. The molecule has 1 aliphatic rings. The van der Waals surface area contributed by atoms with Crippen LogP contribution in [0.5, 0.6) is 5.75 Å². The highest BCUT2D eigenvalue weighted by Crippen LogP contribution is 2.24. The number of ether oxygens (including phenoxy) is 2. The first-order chi connectivity index (χ1) is 11.7. The summed E-state index contributed by atoms with van der Waals surface area (Å²) < 4.78 is 11.2. The van der Waals surface area contributed by atoms with Crippen LogP contribution in [0.3, 0.4) is 0 Å². The second-order valence-corrected chi connectivity index (χ2v) is 6.02. The second kappa shape index (κ2) is 7.59. The molecule has 2 aromatic rings. The lowest BCUT2D eigenvalue weighted by atomic mass is 10.2. The molecule has 0 saturated carbocycles. The minimum atomic E-state index is -0.271. The number of amides is 1. The molecule has 1 aromatic carbocycles. The van der Waals surface area contributed by atoms with Gasteiger partial charge in [-0.2, -0.15) is 0 Å². The summed E-state index contributed by atoms with van der Waals surface area (Å²) in [7, 11) is 1.56. The Labute approximate surface area is 148 Å². The lowest BCUT2D eigenvalue weighted by molar-refractivity contribution is 0.102. The van der Waals surface area contributed by atoms with Crippen LogP contribution in [-0.4, -0.2) is 49.3 Å². The number of morpholine rings is 1. The number of carbonyl (C=O) groups excluding carboxylic acids is 1. The van der Waals surface area contributed by atoms with E-state index >= 15 is 0 Å². The highest BCUT2D eigenvalue weighted by molar-refractivity contribution is 9.10. The summed E-state index contributed by atoms with van der Waals surface area (Å²) in [5, 5.41) is 2.80. The van der Waals surface area contributed by atoms with E-state index < -0.39 is 0 Å². The van der Waals surface area contributed by atoms with E-state index in [0.717, 1.165) is 18.9 Å². The third-order valence-electron chi connectivity index (χ3n) is 3.65. The second-order valence-electron chi connectivity index (χ2n) is 5.16. The highest BCUT2D eigenvalue weighted by Gasteiger charge is 2.15. The van der Waals surface area contributed by atoms with Gasteiger partial charge in [-0.05, 0) is 34.1 Å². The Balaban J connectivity index is 1.77. The number of anilines is 2. The molecule has 0 spiro atoms. The number of aromatic nitrogens is 2. The Morgan fingerprint density at radius 3 is 2.83 bits per heavy atom. The maximum Gasteiger partial charge on any atom is 0.258 e. The molecule has 1 N–H and O–H groups in total. The number of hydrogen-bond acceptors (Lipinski definition) is 6. The van der Waals surface area contributed by atoms with Gasteiger partial charge in [0.1, 0.15) is 23.7 Å². The van der Waals surface area contributed by atoms with E-state index in [2.05, 4.69) is 36.1 Å². The van der Waals surface area contributed by atoms with Gasteiger partial charge in [-0.15, -0.1) is 0 Å². The van der Waals surface area contributed by atoms with Gasteiger partial charge >= 0.3 is 0 Å². The van der Waals surface area contributed by atoms with Crippen LogP contribution in [0.1, 0.15) is 10.4 Å². The van der Waals surface area contributed by atoms with Crippen molar-refractivity contribution in [3.8, 4) is 5.75 Å². The zero-order valence-corrected chi connectivity index (χ0v) is 14.7. The van der Waals surface area contributed by atoms with Crippen molar-refractivity contribution in [2.24, 2.45) is 0 Å². The molecule has 0 unspecified atom stereocenters. The van der Waals surface area contributed by atoms with Crippen molar-refractivity contribution in [2.75, 3.05) is 43.6 Å². The summed E-state index contributed by atoms with van der Waals surface area (Å²) in [4.78, 5) is 23.0. The van der Waals surface area contributed by atoms with Crippen LogP contribution in [0.15, 0.2) is 35.1 Å². The summed E-state index contributed by atoms with van der Waals surface area (Å²) in [6.45, 7) is 2.88. The minimum absolute atomic E-state index is 0.271. The molecule has 0 aliphatic carbocycles. The number of halogens is 1. The van der Waals surface area contributed by atoms with Crippen LogP contribution < -0.4 is 15.0 Å². The Morgan fingerprint density at radius 2 is 2.08 bits per heavy atom. The number of hydrogen-bond donors (Lipinski definition) is 1. The normalized spacial score (nSPS) is 14.3. The number of nitrogens with one attached hydrogen (secondary N) is 1. The molecule has 7 nitrogen and oxygen atoms in total. The van der Waals surface area contributed by atoms with Gasteiger partial charge in [0, 0.05) is 23.6 Å². The minimum Gasteiger partial charge on any atom is -0.497 e. The van der Waals surface area contributed by atoms with Crippen molar-refractivity contribution in [3.05, 3.63) is 40.6 Å². The predicted molar refractivity (Wildman–Crippen MR) is 93.7 cm³/mol. The van der Waals surface area contributed by atoms with E-state index in [9.17, 15) is 4.79 Å². The van der Waals surface area contributed by atoms with Gasteiger partial charge in [-0.25, -0.2) is 9.97 Å². The fraction of sp³-hybridized carbons (Fsp3) is 0.312. The molecule has 0 bridgehead atoms. The van der Waals surface area contributed by atoms with Crippen LogP contribution in [0, 0.1) is 0 Å². The third kappa shape index (κ3) is 3.82. The van der Waals surface area contributed by atoms with Crippen LogP contribution in [0.4, 0.5) is 11.6 Å². The molecule has 1 saturated heterocycles. The Hall–Kier alpha value is -2.19. The van der Waals surface area contributed by atoms with Gasteiger partial charge in [0.2, 0.25) is 0 Å². The van der Waals surface area contributed by atoms with Crippen molar-refractivity contribution in [1.82, 2.24) is 9.97 Å². The summed E-state index contributed by atoms with van der Waals surface area (Å²) in [6, 6.07) is 6.98. The van der Waals surface area contributed by atoms with E-state index in [4.69, 9.17) is 9.47 Å². The summed E-state index contributed by atoms with van der Waals surface area (Å²) >= 11 is 3.38. The molecule has 0 radical (unpaired) electrons. The van der Waals surface area contributed by atoms with E-state index in [1.165, 1.54) is 6.33 Å². The van der Waals surface area contributed by atoms with Crippen LogP contribution in [0.2, 0.25) is 0 Å². The van der Waals surface area contributed by atoms with Crippen molar-refractivity contribution < 1.29 is 14.3 Å². The first kappa shape index (κ1) is 16.7. The molecule has 24 heavy (non-hydrogen) atoms. The molecule has 1 amide bonds. The molecule has 8 heteroatoms. The topological polar surface area (TPSA) is 76.6 Å². The zero-order chi connectivity index (χ0) is 16.9. The van der Waals surface area contributed by atoms with Gasteiger partial charge in [0.15, 0.2) is 0 Å². The van der Waals surface area contributed by atoms with Gasteiger partial charge < -0.3 is 19.7 Å². The lowest BCUT2D eigenvalue weighted by Gasteiger charge is -2.27. The highest BCUT2D eigenvalue weighted by atomic mass is 79.9. The molecular formula is C16H17BrN4O3. The molecule has 1 fully saturated rings. The smallest absolute Gasteiger partial charge is 0.258 e. The van der Waals surface area contributed by atoms with Crippen molar-refractivity contribution >= 4 is 33.5 Å². The van der Waals surface area contributed by atoms with Crippen molar-refractivity contribution in [1.29, 1.82) is 0 Å². The predicted octanol–water partition coefficient (Wildman–Crippen LogP) is 2.34. The largest absolute Gasteiger partial charge is 0.497 e. The SMILES string of the molecule is COc1ccc(Br)c(C(=O)Nc2cc(N3CCOCC3)ncn2)c1. The summed E-state index contributed by atoms with van der Waals surface area (Å²) in [5.74, 6) is 1.56. The molecular weight excluding hydrogens is 376 g/mol. The maximum atomic E-state index is 12.5. The Morgan fingerprint density at radius 1 is 1.29 bits per heavy atom. The number of methoxy groups -OCH3 is 1. The lowest BCUT2D eigenvalue weighted by Crippen LogP contribution is -2.36. The summed E-state index contributed by atoms with van der Waals surface area (Å²) in [6.07, 6.45) is 1.45. The van der Waals surface area contributed by atoms with E-state index in [0.29, 0.717) is 34.8 Å². The number of carbonyl (C=O) groups is 1. The first-order valence-electron chi connectivity index (χ1n) is 7.47. The average molecular weight is 393 g/mol. The fourth-order valence-electron chi connectivity index (χ4n) is 2.37. The monoisotopic (exact) mass is 392 g/mol. The van der Waals surface area contributed by atoms with Gasteiger partial charge in [-0.1, -0.05) is 0 Å². The van der Waals surface area contributed by atoms with Crippen molar-refractivity contribution in [3.63, 3.8) is 0 Å². The van der Waals surface area contributed by atoms with Gasteiger partial charge in [0.05, 0.1) is 25.9 Å². The Bertz CT molecular complexity index is 735. The van der Waals surface area contributed by atoms with E-state index in [1.807, 2.05) is 0 Å². The summed E-state index contributed by atoms with van der Waals surface area (Å²) in [5.41, 5.74) is 0.473. The van der Waals surface area contributed by atoms with E-state index in [1.54, 1.807) is 31.4 Å². The fourth-order valence-corrected chi connectivity index (χ4v) is 2.80. The number of rotatable bonds is 4. The third-order valence-corrected chi connectivity index (χ3v) is 4.34. The molecule has 2 heterocycles. The standard InChI is InChI=1S/C16H17BrN4O3/c1-23-11-2-3-13(17)12(8-11)16(22)20-14-9-15(19-10-18-14)21-4-6-24-7-5-21/h2-3,8-10H,4-7H2,1H3,(H,18,19,20,22). The van der Waals surface area contributed by atoms with Crippen LogP contribution >= 0.6 is 15.9 Å². The Kier molecular flexibility index (Phi) is 5.27. The molecule has 0 atom stereocenters. The molecule has 126 valence electrons. The van der Waals surface area contributed by atoms with Crippen molar-refractivity contribution in [2.45, 2.75) is 0 Å². The maximum absolute atomic E-state index is 12.5. The average Bonchev–Trinajstić information content (AvgIpc) is 2.63. The van der Waals surface area contributed by atoms with Crippen LogP contribution in [0.25, 0.3) is 0 Å². The number of nitrogens with zero attached hydrogens (tertiary/aromatic N) is 3. The first-order valence-corrected chi connectivity index (χ1v) is 8.26.